The first kappa shape index (κ1) is 20.7. The zero-order valence-corrected chi connectivity index (χ0v) is 16.6. The van der Waals surface area contributed by atoms with Crippen LogP contribution in [0, 0.1) is 13.8 Å². The average Bonchev–Trinajstić information content (AvgIpc) is 2.57. The third-order valence-electron chi connectivity index (χ3n) is 4.52. The van der Waals surface area contributed by atoms with E-state index in [4.69, 9.17) is 9.62 Å². The van der Waals surface area contributed by atoms with Crippen molar-refractivity contribution in [3.05, 3.63) is 23.3 Å². The van der Waals surface area contributed by atoms with Gasteiger partial charge in [-0.15, -0.1) is 0 Å². The van der Waals surface area contributed by atoms with E-state index in [0.29, 0.717) is 34.7 Å². The normalized spacial score (nSPS) is 18.5. The summed E-state index contributed by atoms with van der Waals surface area (Å²) in [6, 6.07) is 3.30. The summed E-state index contributed by atoms with van der Waals surface area (Å²) in [4.78, 5) is 20.4. The summed E-state index contributed by atoms with van der Waals surface area (Å²) in [6.07, 6.45) is 3.03. The highest BCUT2D eigenvalue weighted by atomic mass is 32.2. The number of ether oxygens (including phenoxy) is 1. The average molecular weight is 385 g/mol. The second-order valence-corrected chi connectivity index (χ2v) is 8.37. The summed E-state index contributed by atoms with van der Waals surface area (Å²) < 4.78 is 33.5. The third kappa shape index (κ3) is 4.75. The maximum atomic E-state index is 13.3. The molecule has 1 fully saturated rings. The van der Waals surface area contributed by atoms with Crippen LogP contribution < -0.4 is 4.74 Å². The number of sulfonamides is 1. The minimum Gasteiger partial charge on any atom is -0.497 e. The number of methoxy groups -OCH3 is 1. The molecule has 0 aromatic heterocycles. The smallest absolute Gasteiger partial charge is 0.339 e. The van der Waals surface area contributed by atoms with Gasteiger partial charge in [0.25, 0.3) is 0 Å². The van der Waals surface area contributed by atoms with Crippen LogP contribution in [0.4, 0.5) is 0 Å². The van der Waals surface area contributed by atoms with Gasteiger partial charge in [0.15, 0.2) is 0 Å². The molecular formula is C18H27NO6S. The molecule has 1 atom stereocenters. The minimum atomic E-state index is -3.64. The van der Waals surface area contributed by atoms with Gasteiger partial charge in [-0.25, -0.2) is 13.2 Å². The molecule has 7 nitrogen and oxygen atoms in total. The highest BCUT2D eigenvalue weighted by Gasteiger charge is 2.35. The quantitative estimate of drug-likeness (QED) is 0.408. The van der Waals surface area contributed by atoms with E-state index >= 15 is 0 Å². The lowest BCUT2D eigenvalue weighted by atomic mass is 10.0. The van der Waals surface area contributed by atoms with Crippen molar-refractivity contribution in [1.82, 2.24) is 4.31 Å². The van der Waals surface area contributed by atoms with Gasteiger partial charge < -0.3 is 4.74 Å². The minimum absolute atomic E-state index is 0.164. The Bertz CT molecular complexity index is 723. The van der Waals surface area contributed by atoms with Crippen molar-refractivity contribution in [3.63, 3.8) is 0 Å². The summed E-state index contributed by atoms with van der Waals surface area (Å²) in [7, 11) is -2.07. The Kier molecular flexibility index (Phi) is 7.02. The largest absolute Gasteiger partial charge is 0.497 e. The predicted octanol–water partition coefficient (Wildman–Crippen LogP) is 2.74. The fraction of sp³-hybridized carbons (Fsp3) is 0.611. The lowest BCUT2D eigenvalue weighted by Gasteiger charge is -2.35. The van der Waals surface area contributed by atoms with Crippen LogP contribution in [0.25, 0.3) is 0 Å². The molecule has 0 aliphatic carbocycles. The topological polar surface area (TPSA) is 82.1 Å². The predicted molar refractivity (Wildman–Crippen MR) is 96.3 cm³/mol. The van der Waals surface area contributed by atoms with Crippen molar-refractivity contribution in [2.75, 3.05) is 20.3 Å². The van der Waals surface area contributed by atoms with Crippen molar-refractivity contribution in [2.24, 2.45) is 0 Å². The number of rotatable bonds is 7. The number of carbonyl (C=O) groups excluding carboxylic acids is 1. The van der Waals surface area contributed by atoms with Crippen molar-refractivity contribution in [2.45, 2.75) is 57.4 Å². The SMILES string of the molecule is COc1cc(C)c(S(=O)(=O)N2CCCC[C@H]2CCOOC(C)=O)c(C)c1. The number of hydrogen-bond donors (Lipinski definition) is 0. The summed E-state index contributed by atoms with van der Waals surface area (Å²) >= 11 is 0. The molecule has 1 aromatic rings. The fourth-order valence-corrected chi connectivity index (χ4v) is 5.58. The highest BCUT2D eigenvalue weighted by Crippen LogP contribution is 2.32. The molecule has 8 heteroatoms. The maximum absolute atomic E-state index is 13.3. The number of piperidine rings is 1. The van der Waals surface area contributed by atoms with Crippen LogP contribution in [-0.2, 0) is 24.6 Å². The van der Waals surface area contributed by atoms with Gasteiger partial charge in [-0.3, -0.25) is 4.89 Å². The molecule has 146 valence electrons. The molecule has 2 rings (SSSR count). The van der Waals surface area contributed by atoms with Gasteiger partial charge in [0, 0.05) is 19.5 Å². The molecule has 0 amide bonds. The summed E-state index contributed by atoms with van der Waals surface area (Å²) in [6.45, 7) is 5.46. The molecule has 1 aliphatic heterocycles. The Labute approximate surface area is 155 Å². The Morgan fingerprint density at radius 2 is 1.88 bits per heavy atom. The molecule has 1 aliphatic rings. The molecular weight excluding hydrogens is 358 g/mol. The molecule has 0 N–H and O–H groups in total. The van der Waals surface area contributed by atoms with Crippen molar-refractivity contribution in [1.29, 1.82) is 0 Å². The highest BCUT2D eigenvalue weighted by molar-refractivity contribution is 7.89. The maximum Gasteiger partial charge on any atom is 0.339 e. The first-order valence-corrected chi connectivity index (χ1v) is 10.2. The number of aryl methyl sites for hydroxylation is 2. The molecule has 0 bridgehead atoms. The van der Waals surface area contributed by atoms with Crippen molar-refractivity contribution >= 4 is 16.0 Å². The standard InChI is InChI=1S/C18H27NO6S/c1-13-11-17(23-4)12-14(2)18(13)26(21,22)19-9-6-5-7-16(19)8-10-24-25-15(3)20/h11-12,16H,5-10H2,1-4H3/t16-/m0/s1. The van der Waals surface area contributed by atoms with Gasteiger partial charge in [0.05, 0.1) is 18.6 Å². The molecule has 26 heavy (non-hydrogen) atoms. The van der Waals surface area contributed by atoms with E-state index in [2.05, 4.69) is 4.89 Å². The first-order valence-electron chi connectivity index (χ1n) is 8.74. The molecule has 0 radical (unpaired) electrons. The molecule has 1 heterocycles. The van der Waals surface area contributed by atoms with Gasteiger partial charge in [-0.1, -0.05) is 6.42 Å². The van der Waals surface area contributed by atoms with Crippen LogP contribution in [0.15, 0.2) is 17.0 Å². The van der Waals surface area contributed by atoms with Crippen LogP contribution in [0.3, 0.4) is 0 Å². The van der Waals surface area contributed by atoms with Gasteiger partial charge in [0.2, 0.25) is 10.0 Å². The van der Waals surface area contributed by atoms with E-state index in [1.807, 2.05) is 0 Å². The second-order valence-electron chi connectivity index (χ2n) is 6.54. The lowest BCUT2D eigenvalue weighted by Crippen LogP contribution is -2.44. The molecule has 1 aromatic carbocycles. The zero-order chi connectivity index (χ0) is 19.3. The van der Waals surface area contributed by atoms with Crippen LogP contribution >= 0.6 is 0 Å². The van der Waals surface area contributed by atoms with E-state index < -0.39 is 16.0 Å². The summed E-state index contributed by atoms with van der Waals surface area (Å²) in [5.41, 5.74) is 1.34. The van der Waals surface area contributed by atoms with Crippen LogP contribution in [0.5, 0.6) is 5.75 Å². The van der Waals surface area contributed by atoms with Crippen LogP contribution in [0.2, 0.25) is 0 Å². The monoisotopic (exact) mass is 385 g/mol. The molecule has 0 saturated carbocycles. The second kappa shape index (κ2) is 8.83. The van der Waals surface area contributed by atoms with E-state index in [9.17, 15) is 13.2 Å². The first-order chi connectivity index (χ1) is 12.3. The lowest BCUT2D eigenvalue weighted by molar-refractivity contribution is -0.271. The number of carbonyl (C=O) groups is 1. The van der Waals surface area contributed by atoms with Gasteiger partial charge in [0.1, 0.15) is 5.75 Å². The Morgan fingerprint density at radius 3 is 2.46 bits per heavy atom. The van der Waals surface area contributed by atoms with E-state index in [0.717, 1.165) is 19.3 Å². The number of benzene rings is 1. The number of hydrogen-bond acceptors (Lipinski definition) is 6. The molecule has 1 saturated heterocycles. The van der Waals surface area contributed by atoms with Crippen molar-refractivity contribution in [3.8, 4) is 5.75 Å². The van der Waals surface area contributed by atoms with Crippen LogP contribution in [-0.4, -0.2) is 45.0 Å². The van der Waals surface area contributed by atoms with Crippen LogP contribution in [0.1, 0.15) is 43.7 Å². The number of nitrogens with zero attached hydrogens (tertiary/aromatic N) is 1. The van der Waals surface area contributed by atoms with E-state index in [-0.39, 0.29) is 12.6 Å². The van der Waals surface area contributed by atoms with Crippen molar-refractivity contribution < 1.29 is 27.7 Å². The van der Waals surface area contributed by atoms with Gasteiger partial charge >= 0.3 is 5.97 Å². The fourth-order valence-electron chi connectivity index (χ4n) is 3.44. The summed E-state index contributed by atoms with van der Waals surface area (Å²) in [5.74, 6) is 0.117. The Hall–Kier alpha value is -1.64. The molecule has 0 spiro atoms. The Morgan fingerprint density at radius 1 is 1.23 bits per heavy atom. The van der Waals surface area contributed by atoms with Gasteiger partial charge in [-0.05, 0) is 56.4 Å². The Balaban J connectivity index is 2.23. The van der Waals surface area contributed by atoms with E-state index in [1.54, 1.807) is 37.4 Å². The van der Waals surface area contributed by atoms with Gasteiger partial charge in [-0.2, -0.15) is 9.19 Å². The zero-order valence-electron chi connectivity index (χ0n) is 15.8. The summed E-state index contributed by atoms with van der Waals surface area (Å²) in [5, 5.41) is 0. The molecule has 0 unspecified atom stereocenters. The van der Waals surface area contributed by atoms with E-state index in [1.165, 1.54) is 6.92 Å². The third-order valence-corrected chi connectivity index (χ3v) is 6.78.